The van der Waals surface area contributed by atoms with Crippen molar-refractivity contribution in [3.63, 3.8) is 0 Å². The van der Waals surface area contributed by atoms with E-state index in [1.165, 1.54) is 12.1 Å². The summed E-state index contributed by atoms with van der Waals surface area (Å²) in [6.07, 6.45) is 1.35. The van der Waals surface area contributed by atoms with Crippen molar-refractivity contribution in [2.24, 2.45) is 5.92 Å². The molecule has 0 spiro atoms. The Bertz CT molecular complexity index is 841. The van der Waals surface area contributed by atoms with Crippen molar-refractivity contribution in [1.29, 1.82) is 0 Å². The first kappa shape index (κ1) is 21.0. The molecule has 1 N–H and O–H groups in total. The molecule has 2 aromatic rings. The lowest BCUT2D eigenvalue weighted by atomic mass is 9.87. The van der Waals surface area contributed by atoms with Gasteiger partial charge in [-0.3, -0.25) is 9.59 Å². The second-order valence-corrected chi connectivity index (χ2v) is 7.73. The SMILES string of the molecule is CN(C)CCNC(=O)[C@H]1CC[C@@H](c2ccccc2)N(C(=O)c2ccccc2F)C1. The van der Waals surface area contributed by atoms with E-state index in [9.17, 15) is 14.0 Å². The summed E-state index contributed by atoms with van der Waals surface area (Å²) < 4.78 is 14.3. The van der Waals surface area contributed by atoms with Gasteiger partial charge in [0.25, 0.3) is 5.91 Å². The zero-order chi connectivity index (χ0) is 20.8. The molecule has 1 aliphatic heterocycles. The van der Waals surface area contributed by atoms with Crippen molar-refractivity contribution in [2.75, 3.05) is 33.7 Å². The highest BCUT2D eigenvalue weighted by atomic mass is 19.1. The van der Waals surface area contributed by atoms with Crippen LogP contribution in [0.4, 0.5) is 4.39 Å². The first-order valence-corrected chi connectivity index (χ1v) is 10.00. The van der Waals surface area contributed by atoms with Crippen molar-refractivity contribution in [1.82, 2.24) is 15.1 Å². The fourth-order valence-corrected chi connectivity index (χ4v) is 3.77. The highest BCUT2D eigenvalue weighted by molar-refractivity contribution is 5.95. The van der Waals surface area contributed by atoms with Gasteiger partial charge in [-0.05, 0) is 44.6 Å². The third-order valence-electron chi connectivity index (χ3n) is 5.36. The third-order valence-corrected chi connectivity index (χ3v) is 5.36. The van der Waals surface area contributed by atoms with Crippen molar-refractivity contribution < 1.29 is 14.0 Å². The number of likely N-dealkylation sites (N-methyl/N-ethyl adjacent to an activating group) is 1. The van der Waals surface area contributed by atoms with E-state index in [4.69, 9.17) is 0 Å². The van der Waals surface area contributed by atoms with Crippen LogP contribution in [-0.4, -0.2) is 55.3 Å². The molecule has 0 saturated carbocycles. The number of nitrogens with zero attached hydrogens (tertiary/aromatic N) is 2. The summed E-state index contributed by atoms with van der Waals surface area (Å²) in [4.78, 5) is 29.5. The first-order chi connectivity index (χ1) is 14.0. The van der Waals surface area contributed by atoms with Crippen LogP contribution in [0.1, 0.15) is 34.8 Å². The number of likely N-dealkylation sites (tertiary alicyclic amines) is 1. The maximum atomic E-state index is 14.3. The average molecular weight is 397 g/mol. The number of benzene rings is 2. The van der Waals surface area contributed by atoms with E-state index in [2.05, 4.69) is 5.32 Å². The van der Waals surface area contributed by atoms with Gasteiger partial charge in [0, 0.05) is 19.6 Å². The van der Waals surface area contributed by atoms with Gasteiger partial charge in [0.2, 0.25) is 5.91 Å². The van der Waals surface area contributed by atoms with E-state index in [0.717, 1.165) is 12.1 Å². The Labute approximate surface area is 171 Å². The van der Waals surface area contributed by atoms with Crippen LogP contribution >= 0.6 is 0 Å². The summed E-state index contributed by atoms with van der Waals surface area (Å²) in [5.74, 6) is -1.26. The Kier molecular flexibility index (Phi) is 6.99. The Morgan fingerprint density at radius 3 is 2.45 bits per heavy atom. The molecule has 1 heterocycles. The number of carbonyl (C=O) groups excluding carboxylic acids is 2. The van der Waals surface area contributed by atoms with Crippen LogP contribution < -0.4 is 5.32 Å². The van der Waals surface area contributed by atoms with Crippen molar-refractivity contribution in [3.8, 4) is 0 Å². The summed E-state index contributed by atoms with van der Waals surface area (Å²) in [5.41, 5.74) is 1.05. The van der Waals surface area contributed by atoms with Crippen LogP contribution in [0.3, 0.4) is 0 Å². The summed E-state index contributed by atoms with van der Waals surface area (Å²) in [7, 11) is 3.90. The minimum absolute atomic E-state index is 0.0436. The number of amides is 2. The second kappa shape index (κ2) is 9.65. The number of hydrogen-bond donors (Lipinski definition) is 1. The molecule has 6 heteroatoms. The quantitative estimate of drug-likeness (QED) is 0.815. The molecule has 0 aromatic heterocycles. The van der Waals surface area contributed by atoms with Crippen LogP contribution in [0.25, 0.3) is 0 Å². The number of halogens is 1. The molecule has 1 saturated heterocycles. The van der Waals surface area contributed by atoms with E-state index < -0.39 is 5.82 Å². The maximum Gasteiger partial charge on any atom is 0.257 e. The lowest BCUT2D eigenvalue weighted by Gasteiger charge is -2.39. The molecule has 154 valence electrons. The number of carbonyl (C=O) groups is 2. The Hall–Kier alpha value is -2.73. The molecule has 2 atom stereocenters. The van der Waals surface area contributed by atoms with Crippen LogP contribution in [0.15, 0.2) is 54.6 Å². The average Bonchev–Trinajstić information content (AvgIpc) is 2.73. The number of nitrogens with one attached hydrogen (secondary N) is 1. The predicted octanol–water partition coefficient (Wildman–Crippen LogP) is 3.10. The third kappa shape index (κ3) is 5.21. The van der Waals surface area contributed by atoms with Crippen LogP contribution in [0.2, 0.25) is 0 Å². The van der Waals surface area contributed by atoms with Crippen molar-refractivity contribution in [2.45, 2.75) is 18.9 Å². The monoisotopic (exact) mass is 397 g/mol. The van der Waals surface area contributed by atoms with E-state index >= 15 is 0 Å². The van der Waals surface area contributed by atoms with Gasteiger partial charge < -0.3 is 15.1 Å². The van der Waals surface area contributed by atoms with Gasteiger partial charge in [-0.2, -0.15) is 0 Å². The Balaban J connectivity index is 1.81. The van der Waals surface area contributed by atoms with E-state index in [1.54, 1.807) is 17.0 Å². The number of rotatable bonds is 6. The molecular formula is C23H28FN3O2. The normalized spacial score (nSPS) is 19.2. The van der Waals surface area contributed by atoms with Crippen molar-refractivity contribution in [3.05, 3.63) is 71.5 Å². The topological polar surface area (TPSA) is 52.7 Å². The largest absolute Gasteiger partial charge is 0.355 e. The summed E-state index contributed by atoms with van der Waals surface area (Å²) in [6.45, 7) is 1.59. The van der Waals surface area contributed by atoms with Gasteiger partial charge in [-0.1, -0.05) is 42.5 Å². The van der Waals surface area contributed by atoms with E-state index in [1.807, 2.05) is 49.3 Å². The van der Waals surface area contributed by atoms with Gasteiger partial charge in [-0.25, -0.2) is 4.39 Å². The highest BCUT2D eigenvalue weighted by Gasteiger charge is 2.36. The Morgan fingerprint density at radius 1 is 1.07 bits per heavy atom. The molecule has 1 fully saturated rings. The standard InChI is InChI=1S/C23H28FN3O2/c1-26(2)15-14-25-22(28)18-12-13-21(17-8-4-3-5-9-17)27(16-18)23(29)19-10-6-7-11-20(19)24/h3-11,18,21H,12-16H2,1-2H3,(H,25,28)/t18-,21-/m0/s1. The fraction of sp³-hybridized carbons (Fsp3) is 0.391. The maximum absolute atomic E-state index is 14.3. The van der Waals surface area contributed by atoms with Crippen LogP contribution in [-0.2, 0) is 4.79 Å². The molecule has 3 rings (SSSR count). The van der Waals surface area contributed by atoms with E-state index in [0.29, 0.717) is 19.4 Å². The molecule has 0 unspecified atom stereocenters. The molecular weight excluding hydrogens is 369 g/mol. The second-order valence-electron chi connectivity index (χ2n) is 7.73. The molecule has 5 nitrogen and oxygen atoms in total. The van der Waals surface area contributed by atoms with E-state index in [-0.39, 0.29) is 35.9 Å². The van der Waals surface area contributed by atoms with Gasteiger partial charge in [0.05, 0.1) is 17.5 Å². The molecule has 2 amide bonds. The minimum Gasteiger partial charge on any atom is -0.355 e. The molecule has 1 aliphatic rings. The molecule has 29 heavy (non-hydrogen) atoms. The van der Waals surface area contributed by atoms with Gasteiger partial charge in [0.15, 0.2) is 0 Å². The molecule has 0 bridgehead atoms. The lowest BCUT2D eigenvalue weighted by Crippen LogP contribution is -2.47. The minimum atomic E-state index is -0.540. The van der Waals surface area contributed by atoms with Gasteiger partial charge in [0.1, 0.15) is 5.82 Å². The summed E-state index contributed by atoms with van der Waals surface area (Å²) in [5, 5.41) is 2.96. The van der Waals surface area contributed by atoms with Gasteiger partial charge >= 0.3 is 0 Å². The lowest BCUT2D eigenvalue weighted by molar-refractivity contribution is -0.126. The fourth-order valence-electron chi connectivity index (χ4n) is 3.77. The first-order valence-electron chi connectivity index (χ1n) is 10.00. The predicted molar refractivity (Wildman–Crippen MR) is 111 cm³/mol. The zero-order valence-electron chi connectivity index (χ0n) is 17.0. The molecule has 2 aromatic carbocycles. The molecule has 0 radical (unpaired) electrons. The van der Waals surface area contributed by atoms with Crippen LogP contribution in [0.5, 0.6) is 0 Å². The smallest absolute Gasteiger partial charge is 0.257 e. The summed E-state index contributed by atoms with van der Waals surface area (Å²) >= 11 is 0. The zero-order valence-corrected chi connectivity index (χ0v) is 17.0. The number of hydrogen-bond acceptors (Lipinski definition) is 3. The van der Waals surface area contributed by atoms with Crippen molar-refractivity contribution >= 4 is 11.8 Å². The summed E-state index contributed by atoms with van der Waals surface area (Å²) in [6, 6.07) is 15.6. The number of piperidine rings is 1. The highest BCUT2D eigenvalue weighted by Crippen LogP contribution is 2.34. The molecule has 0 aliphatic carbocycles. The van der Waals surface area contributed by atoms with Gasteiger partial charge in [-0.15, -0.1) is 0 Å². The van der Waals surface area contributed by atoms with Crippen LogP contribution in [0, 0.1) is 11.7 Å². The Morgan fingerprint density at radius 2 is 1.76 bits per heavy atom.